The molecule has 0 spiro atoms. The van der Waals surface area contributed by atoms with Crippen LogP contribution in [0.2, 0.25) is 0 Å². The van der Waals surface area contributed by atoms with E-state index in [0.29, 0.717) is 0 Å². The average molecular weight is 299 g/mol. The van der Waals surface area contributed by atoms with Crippen LogP contribution in [0.4, 0.5) is 0 Å². The topological polar surface area (TPSA) is 17.1 Å². The summed E-state index contributed by atoms with van der Waals surface area (Å²) in [7, 11) is 0. The van der Waals surface area contributed by atoms with Crippen LogP contribution in [-0.2, 0) is 4.79 Å². The van der Waals surface area contributed by atoms with Crippen LogP contribution in [0.1, 0.15) is 84.0 Å². The van der Waals surface area contributed by atoms with Gasteiger partial charge in [0.2, 0.25) is 5.24 Å². The standard InChI is InChI=1S/C18H31ClO/c1-2-3-4-5-6-7-8-9-10-11-12-13-14-15-16-17-18(19)20/h14-17H,2-13H2,1H3. The van der Waals surface area contributed by atoms with Gasteiger partial charge in [0.1, 0.15) is 0 Å². The molecule has 0 amide bonds. The summed E-state index contributed by atoms with van der Waals surface area (Å²) in [5.41, 5.74) is 0. The predicted molar refractivity (Wildman–Crippen MR) is 90.2 cm³/mol. The van der Waals surface area contributed by atoms with Crippen molar-refractivity contribution < 1.29 is 4.79 Å². The first-order chi connectivity index (χ1) is 9.77. The Labute approximate surface area is 130 Å². The van der Waals surface area contributed by atoms with E-state index < -0.39 is 5.24 Å². The van der Waals surface area contributed by atoms with E-state index in [1.54, 1.807) is 6.08 Å². The molecule has 0 aromatic rings. The lowest BCUT2D eigenvalue weighted by Gasteiger charge is -2.01. The lowest BCUT2D eigenvalue weighted by Crippen LogP contribution is -1.81. The van der Waals surface area contributed by atoms with E-state index in [1.807, 2.05) is 6.08 Å². The second-order valence-electron chi connectivity index (χ2n) is 5.42. The zero-order chi connectivity index (χ0) is 14.9. The molecule has 0 saturated heterocycles. The molecule has 0 radical (unpaired) electrons. The van der Waals surface area contributed by atoms with Crippen LogP contribution < -0.4 is 0 Å². The molecule has 1 nitrogen and oxygen atoms in total. The van der Waals surface area contributed by atoms with Crippen molar-refractivity contribution in [2.45, 2.75) is 84.0 Å². The summed E-state index contributed by atoms with van der Waals surface area (Å²) >= 11 is 5.18. The summed E-state index contributed by atoms with van der Waals surface area (Å²) in [4.78, 5) is 10.4. The monoisotopic (exact) mass is 298 g/mol. The molecule has 116 valence electrons. The number of carbonyl (C=O) groups excluding carboxylic acids is 1. The van der Waals surface area contributed by atoms with Gasteiger partial charge in [0.25, 0.3) is 0 Å². The largest absolute Gasteiger partial charge is 0.276 e. The molecule has 0 saturated carbocycles. The normalized spacial score (nSPS) is 11.7. The predicted octanol–water partition coefficient (Wildman–Crippen LogP) is 6.57. The summed E-state index contributed by atoms with van der Waals surface area (Å²) in [6.07, 6.45) is 23.3. The third kappa shape index (κ3) is 17.4. The van der Waals surface area contributed by atoms with Gasteiger partial charge >= 0.3 is 0 Å². The van der Waals surface area contributed by atoms with Crippen LogP contribution in [0.5, 0.6) is 0 Å². The van der Waals surface area contributed by atoms with E-state index >= 15 is 0 Å². The zero-order valence-corrected chi connectivity index (χ0v) is 13.8. The summed E-state index contributed by atoms with van der Waals surface area (Å²) in [6.45, 7) is 2.27. The number of hydrogen-bond acceptors (Lipinski definition) is 1. The van der Waals surface area contributed by atoms with Gasteiger partial charge in [-0.3, -0.25) is 4.79 Å². The second kappa shape index (κ2) is 16.5. The smallest absolute Gasteiger partial charge is 0.245 e. The molecular formula is C18H31ClO. The van der Waals surface area contributed by atoms with Crippen molar-refractivity contribution in [3.63, 3.8) is 0 Å². The quantitative estimate of drug-likeness (QED) is 0.153. The van der Waals surface area contributed by atoms with Gasteiger partial charge in [-0.05, 0) is 30.5 Å². The van der Waals surface area contributed by atoms with E-state index in [-0.39, 0.29) is 0 Å². The van der Waals surface area contributed by atoms with Crippen LogP contribution in [0.3, 0.4) is 0 Å². The third-order valence-corrected chi connectivity index (χ3v) is 3.57. The number of rotatable bonds is 14. The number of allylic oxidation sites excluding steroid dienone is 4. The second-order valence-corrected chi connectivity index (χ2v) is 5.79. The first-order valence-corrected chi connectivity index (χ1v) is 8.68. The van der Waals surface area contributed by atoms with Crippen LogP contribution in [-0.4, -0.2) is 5.24 Å². The van der Waals surface area contributed by atoms with Crippen molar-refractivity contribution in [1.82, 2.24) is 0 Å². The Kier molecular flexibility index (Phi) is 16.0. The molecular weight excluding hydrogens is 268 g/mol. The van der Waals surface area contributed by atoms with E-state index in [4.69, 9.17) is 11.6 Å². The van der Waals surface area contributed by atoms with Crippen LogP contribution in [0.15, 0.2) is 24.3 Å². The highest BCUT2D eigenvalue weighted by Crippen LogP contribution is 2.11. The molecule has 0 aliphatic heterocycles. The minimum absolute atomic E-state index is 0.413. The summed E-state index contributed by atoms with van der Waals surface area (Å²) in [5.74, 6) is 0. The number of unbranched alkanes of at least 4 members (excludes halogenated alkanes) is 11. The molecule has 0 fully saturated rings. The fourth-order valence-electron chi connectivity index (χ4n) is 2.23. The van der Waals surface area contributed by atoms with Crippen molar-refractivity contribution in [2.75, 3.05) is 0 Å². The fourth-order valence-corrected chi connectivity index (χ4v) is 2.31. The molecule has 0 bridgehead atoms. The summed E-state index contributed by atoms with van der Waals surface area (Å²) in [6, 6.07) is 0. The Balaban J connectivity index is 3.11. The van der Waals surface area contributed by atoms with E-state index in [2.05, 4.69) is 13.0 Å². The molecule has 0 rings (SSSR count). The van der Waals surface area contributed by atoms with Gasteiger partial charge in [0, 0.05) is 0 Å². The lowest BCUT2D eigenvalue weighted by atomic mass is 10.1. The van der Waals surface area contributed by atoms with Gasteiger partial charge in [-0.2, -0.15) is 0 Å². The highest BCUT2D eigenvalue weighted by atomic mass is 35.5. The summed E-state index contributed by atoms with van der Waals surface area (Å²) < 4.78 is 0. The van der Waals surface area contributed by atoms with Crippen molar-refractivity contribution in [1.29, 1.82) is 0 Å². The molecule has 0 aromatic carbocycles. The molecule has 0 aliphatic rings. The Morgan fingerprint density at radius 1 is 0.800 bits per heavy atom. The highest BCUT2D eigenvalue weighted by molar-refractivity contribution is 6.66. The maximum Gasteiger partial charge on any atom is 0.245 e. The van der Waals surface area contributed by atoms with Gasteiger partial charge in [0.05, 0.1) is 0 Å². The molecule has 0 aliphatic carbocycles. The number of carbonyl (C=O) groups is 1. The molecule has 20 heavy (non-hydrogen) atoms. The van der Waals surface area contributed by atoms with Crippen molar-refractivity contribution in [3.05, 3.63) is 24.3 Å². The Bertz CT molecular complexity index is 269. The van der Waals surface area contributed by atoms with Crippen LogP contribution in [0, 0.1) is 0 Å². The lowest BCUT2D eigenvalue weighted by molar-refractivity contribution is -0.107. The first-order valence-electron chi connectivity index (χ1n) is 8.30. The van der Waals surface area contributed by atoms with Gasteiger partial charge in [-0.15, -0.1) is 0 Å². The highest BCUT2D eigenvalue weighted by Gasteiger charge is 1.92. The van der Waals surface area contributed by atoms with E-state index in [0.717, 1.165) is 6.42 Å². The minimum Gasteiger partial charge on any atom is -0.276 e. The Hall–Kier alpha value is -0.560. The van der Waals surface area contributed by atoms with E-state index in [1.165, 1.54) is 76.7 Å². The van der Waals surface area contributed by atoms with Gasteiger partial charge in [-0.1, -0.05) is 89.4 Å². The zero-order valence-electron chi connectivity index (χ0n) is 13.1. The third-order valence-electron chi connectivity index (χ3n) is 3.45. The fraction of sp³-hybridized carbons (Fsp3) is 0.722. The molecule has 0 unspecified atom stereocenters. The molecule has 0 heterocycles. The Morgan fingerprint density at radius 3 is 1.80 bits per heavy atom. The van der Waals surface area contributed by atoms with Crippen LogP contribution >= 0.6 is 11.6 Å². The summed E-state index contributed by atoms with van der Waals surface area (Å²) in [5, 5.41) is -0.413. The average Bonchev–Trinajstić information content (AvgIpc) is 2.43. The van der Waals surface area contributed by atoms with Crippen LogP contribution in [0.25, 0.3) is 0 Å². The van der Waals surface area contributed by atoms with Crippen molar-refractivity contribution in [2.24, 2.45) is 0 Å². The maximum absolute atomic E-state index is 10.4. The Morgan fingerprint density at radius 2 is 1.30 bits per heavy atom. The minimum atomic E-state index is -0.413. The number of hydrogen-bond donors (Lipinski definition) is 0. The molecule has 0 aromatic heterocycles. The van der Waals surface area contributed by atoms with Crippen molar-refractivity contribution in [3.8, 4) is 0 Å². The van der Waals surface area contributed by atoms with Gasteiger partial charge in [-0.25, -0.2) is 0 Å². The number of halogens is 1. The molecule has 0 atom stereocenters. The first kappa shape index (κ1) is 19.4. The van der Waals surface area contributed by atoms with Gasteiger partial charge in [0.15, 0.2) is 0 Å². The SMILES string of the molecule is CCCCCCCCCCCCCC=CC=CC(=O)Cl. The molecule has 0 N–H and O–H groups in total. The van der Waals surface area contributed by atoms with E-state index in [9.17, 15) is 4.79 Å². The maximum atomic E-state index is 10.4. The van der Waals surface area contributed by atoms with Gasteiger partial charge < -0.3 is 0 Å². The molecule has 2 heteroatoms. The van der Waals surface area contributed by atoms with Crippen molar-refractivity contribution >= 4 is 16.8 Å².